The molecule has 0 amide bonds. The molecule has 1 saturated carbocycles. The topological polar surface area (TPSA) is 59.8 Å². The normalized spacial score (nSPS) is 16.2. The Kier molecular flexibility index (Phi) is 5.18. The summed E-state index contributed by atoms with van der Waals surface area (Å²) in [7, 11) is 0. The first-order chi connectivity index (χ1) is 14.7. The van der Waals surface area contributed by atoms with E-state index >= 15 is 0 Å². The summed E-state index contributed by atoms with van der Waals surface area (Å²) in [4.78, 5) is 20.9. The Bertz CT molecular complexity index is 1210. The highest BCUT2D eigenvalue weighted by atomic mass is 19.3. The van der Waals surface area contributed by atoms with Crippen LogP contribution in [0.3, 0.4) is 0 Å². The number of nitrogens with zero attached hydrogens (tertiary/aromatic N) is 3. The molecule has 5 nitrogen and oxygen atoms in total. The third-order valence-electron chi connectivity index (χ3n) is 5.80. The second-order valence-corrected chi connectivity index (χ2v) is 7.74. The zero-order valence-electron chi connectivity index (χ0n) is 16.7. The third-order valence-corrected chi connectivity index (χ3v) is 5.80. The Morgan fingerprint density at radius 2 is 1.81 bits per heavy atom. The summed E-state index contributed by atoms with van der Waals surface area (Å²) in [6.07, 6.45) is -2.84. The van der Waals surface area contributed by atoms with E-state index in [9.17, 15) is 26.7 Å². The van der Waals surface area contributed by atoms with E-state index in [1.807, 2.05) is 0 Å². The first-order valence-electron chi connectivity index (χ1n) is 9.66. The third kappa shape index (κ3) is 3.43. The summed E-state index contributed by atoms with van der Waals surface area (Å²) in [5.74, 6) is -0.847. The number of fused-ring (bicyclic) bond motifs is 1. The van der Waals surface area contributed by atoms with Gasteiger partial charge in [-0.2, -0.15) is 0 Å². The Hall–Kier alpha value is -3.04. The summed E-state index contributed by atoms with van der Waals surface area (Å²) in [6, 6.07) is 2.94. The predicted octanol–water partition coefficient (Wildman–Crippen LogP) is 5.10. The van der Waals surface area contributed by atoms with E-state index in [-0.39, 0.29) is 35.3 Å². The van der Waals surface area contributed by atoms with E-state index in [1.165, 1.54) is 31.6 Å². The lowest BCUT2D eigenvalue weighted by atomic mass is 10.0. The molecule has 0 spiro atoms. The van der Waals surface area contributed by atoms with Crippen LogP contribution in [-0.4, -0.2) is 21.0 Å². The number of pyridine rings is 1. The number of halogens is 5. The molecule has 0 bridgehead atoms. The number of rotatable bonds is 6. The van der Waals surface area contributed by atoms with Crippen molar-refractivity contribution in [2.75, 3.05) is 5.32 Å². The van der Waals surface area contributed by atoms with Crippen LogP contribution < -0.4 is 10.9 Å². The summed E-state index contributed by atoms with van der Waals surface area (Å²) in [6.45, 7) is 3.06. The molecule has 1 aromatic carbocycles. The molecule has 31 heavy (non-hydrogen) atoms. The molecular weight excluding hydrogens is 419 g/mol. The number of anilines is 1. The molecule has 1 aliphatic rings. The number of benzene rings is 1. The zero-order valence-corrected chi connectivity index (χ0v) is 16.7. The number of hydrogen-bond acceptors (Lipinski definition) is 4. The molecule has 164 valence electrons. The van der Waals surface area contributed by atoms with Crippen molar-refractivity contribution in [2.24, 2.45) is 0 Å². The van der Waals surface area contributed by atoms with Crippen molar-refractivity contribution in [3.05, 3.63) is 63.6 Å². The molecule has 0 aliphatic heterocycles. The molecule has 4 rings (SSSR count). The lowest BCUT2D eigenvalue weighted by Crippen LogP contribution is -2.36. The monoisotopic (exact) mass is 438 g/mol. The van der Waals surface area contributed by atoms with E-state index in [1.54, 1.807) is 6.92 Å². The van der Waals surface area contributed by atoms with Crippen molar-refractivity contribution in [2.45, 2.75) is 51.1 Å². The molecule has 2 heterocycles. The lowest BCUT2D eigenvalue weighted by molar-refractivity contribution is 0.0653. The van der Waals surface area contributed by atoms with Gasteiger partial charge in [0, 0.05) is 17.3 Å². The van der Waals surface area contributed by atoms with Gasteiger partial charge in [-0.15, -0.1) is 0 Å². The van der Waals surface area contributed by atoms with E-state index in [2.05, 4.69) is 15.3 Å². The van der Waals surface area contributed by atoms with Crippen molar-refractivity contribution < 1.29 is 22.0 Å². The van der Waals surface area contributed by atoms with Crippen molar-refractivity contribution in [3.8, 4) is 0 Å². The molecule has 3 aromatic rings. The van der Waals surface area contributed by atoms with E-state index in [0.717, 1.165) is 10.6 Å². The lowest BCUT2D eigenvalue weighted by Gasteiger charge is -2.21. The van der Waals surface area contributed by atoms with Crippen LogP contribution in [0.15, 0.2) is 35.5 Å². The van der Waals surface area contributed by atoms with Gasteiger partial charge in [0.2, 0.25) is 0 Å². The predicted molar refractivity (Wildman–Crippen MR) is 105 cm³/mol. The van der Waals surface area contributed by atoms with Gasteiger partial charge >= 0.3 is 0 Å². The Balaban J connectivity index is 1.80. The minimum absolute atomic E-state index is 0.000786. The van der Waals surface area contributed by atoms with E-state index < -0.39 is 41.4 Å². The summed E-state index contributed by atoms with van der Waals surface area (Å²) >= 11 is 0. The SMILES string of the molecule is Cc1c(=O)n(C2(C(F)F)CC2)cc2c(N[C@H](C)c3cccc(C(F)F)c3F)ncnc12. The number of alkyl halides is 4. The highest BCUT2D eigenvalue weighted by molar-refractivity contribution is 5.90. The molecule has 1 aliphatic carbocycles. The summed E-state index contributed by atoms with van der Waals surface area (Å²) in [5, 5.41) is 3.25. The van der Waals surface area contributed by atoms with Gasteiger partial charge in [0.25, 0.3) is 18.4 Å². The van der Waals surface area contributed by atoms with Gasteiger partial charge in [-0.05, 0) is 26.7 Å². The van der Waals surface area contributed by atoms with Gasteiger partial charge in [-0.25, -0.2) is 31.9 Å². The van der Waals surface area contributed by atoms with Crippen LogP contribution in [0.5, 0.6) is 0 Å². The molecular formula is C21H19F5N4O. The second kappa shape index (κ2) is 7.58. The maximum Gasteiger partial charge on any atom is 0.266 e. The van der Waals surface area contributed by atoms with Crippen LogP contribution in [-0.2, 0) is 5.54 Å². The fourth-order valence-electron chi connectivity index (χ4n) is 3.78. The van der Waals surface area contributed by atoms with Gasteiger partial charge in [-0.3, -0.25) is 4.79 Å². The first kappa shape index (κ1) is 21.2. The average Bonchev–Trinajstić information content (AvgIpc) is 3.53. The fraction of sp³-hybridized carbons (Fsp3) is 0.381. The molecule has 0 radical (unpaired) electrons. The van der Waals surface area contributed by atoms with Crippen molar-refractivity contribution in [1.82, 2.24) is 14.5 Å². The van der Waals surface area contributed by atoms with Crippen LogP contribution in [0.4, 0.5) is 27.8 Å². The Morgan fingerprint density at radius 1 is 1.13 bits per heavy atom. The fourth-order valence-corrected chi connectivity index (χ4v) is 3.78. The minimum Gasteiger partial charge on any atom is -0.363 e. The minimum atomic E-state index is -2.96. The van der Waals surface area contributed by atoms with Gasteiger partial charge in [0.1, 0.15) is 23.5 Å². The summed E-state index contributed by atoms with van der Waals surface area (Å²) < 4.78 is 68.9. The standard InChI is InChI=1S/C21H19F5N4O/c1-10-16-14(8-30(19(10)31)21(6-7-21)20(25)26)18(28-9-27-16)29-11(2)12-4-3-5-13(15(12)22)17(23)24/h3-5,8-9,11,17,20H,6-7H2,1-2H3,(H,27,28,29)/t11-/m1/s1. The first-order valence-corrected chi connectivity index (χ1v) is 9.66. The Labute approximate surface area is 173 Å². The maximum absolute atomic E-state index is 14.5. The molecule has 1 fully saturated rings. The van der Waals surface area contributed by atoms with Gasteiger partial charge in [-0.1, -0.05) is 18.2 Å². The molecule has 0 saturated heterocycles. The average molecular weight is 438 g/mol. The highest BCUT2D eigenvalue weighted by Gasteiger charge is 2.53. The molecule has 1 atom stereocenters. The van der Waals surface area contributed by atoms with E-state index in [4.69, 9.17) is 0 Å². The number of aryl methyl sites for hydroxylation is 1. The summed E-state index contributed by atoms with van der Waals surface area (Å²) in [5.41, 5.74) is -2.35. The zero-order chi connectivity index (χ0) is 22.5. The van der Waals surface area contributed by atoms with Crippen molar-refractivity contribution in [1.29, 1.82) is 0 Å². The van der Waals surface area contributed by atoms with Gasteiger partial charge in [0.05, 0.1) is 22.5 Å². The number of aromatic nitrogens is 3. The van der Waals surface area contributed by atoms with Crippen LogP contribution in [0.2, 0.25) is 0 Å². The largest absolute Gasteiger partial charge is 0.363 e. The smallest absolute Gasteiger partial charge is 0.266 e. The van der Waals surface area contributed by atoms with E-state index in [0.29, 0.717) is 5.39 Å². The maximum atomic E-state index is 14.5. The van der Waals surface area contributed by atoms with Gasteiger partial charge < -0.3 is 9.88 Å². The molecule has 10 heteroatoms. The Morgan fingerprint density at radius 3 is 2.42 bits per heavy atom. The van der Waals surface area contributed by atoms with Crippen LogP contribution in [0, 0.1) is 12.7 Å². The molecule has 1 N–H and O–H groups in total. The number of nitrogens with one attached hydrogen (secondary N) is 1. The van der Waals surface area contributed by atoms with Gasteiger partial charge in [0.15, 0.2) is 0 Å². The highest BCUT2D eigenvalue weighted by Crippen LogP contribution is 2.48. The molecule has 0 unspecified atom stereocenters. The van der Waals surface area contributed by atoms with Crippen molar-refractivity contribution >= 4 is 16.7 Å². The van der Waals surface area contributed by atoms with Crippen molar-refractivity contribution in [3.63, 3.8) is 0 Å². The molecule has 2 aromatic heterocycles. The second-order valence-electron chi connectivity index (χ2n) is 7.74. The number of hydrogen-bond donors (Lipinski definition) is 1. The quantitative estimate of drug-likeness (QED) is 0.544. The van der Waals surface area contributed by atoms with Crippen LogP contribution in [0.1, 0.15) is 48.9 Å². The van der Waals surface area contributed by atoms with Crippen LogP contribution >= 0.6 is 0 Å². The van der Waals surface area contributed by atoms with Crippen LogP contribution in [0.25, 0.3) is 10.9 Å².